The number of aromatic nitrogens is 1. The molecule has 1 fully saturated rings. The van der Waals surface area contributed by atoms with Crippen molar-refractivity contribution in [1.29, 1.82) is 0 Å². The third-order valence-electron chi connectivity index (χ3n) is 6.53. The number of aryl methyl sites for hydroxylation is 2. The van der Waals surface area contributed by atoms with E-state index in [0.29, 0.717) is 6.54 Å². The predicted molar refractivity (Wildman–Crippen MR) is 128 cm³/mol. The lowest BCUT2D eigenvalue weighted by atomic mass is 10.0. The zero-order valence-electron chi connectivity index (χ0n) is 18.7. The van der Waals surface area contributed by atoms with Gasteiger partial charge in [0.1, 0.15) is 11.6 Å². The summed E-state index contributed by atoms with van der Waals surface area (Å²) in [4.78, 5) is 9.73. The summed E-state index contributed by atoms with van der Waals surface area (Å²) in [5, 5.41) is 4.83. The Morgan fingerprint density at radius 2 is 1.91 bits per heavy atom. The minimum Gasteiger partial charge on any atom is -0.383 e. The van der Waals surface area contributed by atoms with Gasteiger partial charge >= 0.3 is 0 Å². The SMILES string of the molecule is Cc1ccc2nc(N3CCCc4ccc(F)cc4C3)cc(NCCN3CCOCC3)c2c1. The Morgan fingerprint density at radius 3 is 2.78 bits per heavy atom. The monoisotopic (exact) mass is 434 g/mol. The number of fused-ring (bicyclic) bond motifs is 2. The average molecular weight is 435 g/mol. The van der Waals surface area contributed by atoms with Crippen LogP contribution in [0.5, 0.6) is 0 Å². The molecule has 3 aromatic rings. The number of anilines is 2. The minimum atomic E-state index is -0.169. The summed E-state index contributed by atoms with van der Waals surface area (Å²) >= 11 is 0. The quantitative estimate of drug-likeness (QED) is 0.645. The van der Waals surface area contributed by atoms with Crippen molar-refractivity contribution in [3.05, 3.63) is 65.0 Å². The summed E-state index contributed by atoms with van der Waals surface area (Å²) in [6, 6.07) is 13.8. The molecular formula is C26H31FN4O. The maximum atomic E-state index is 13.9. The summed E-state index contributed by atoms with van der Waals surface area (Å²) in [6.45, 7) is 9.20. The van der Waals surface area contributed by atoms with Crippen LogP contribution in [0.25, 0.3) is 10.9 Å². The van der Waals surface area contributed by atoms with Crippen LogP contribution < -0.4 is 10.2 Å². The largest absolute Gasteiger partial charge is 0.383 e. The molecule has 0 spiro atoms. The van der Waals surface area contributed by atoms with Crippen molar-refractivity contribution in [3.8, 4) is 0 Å². The number of nitrogens with zero attached hydrogens (tertiary/aromatic N) is 3. The zero-order chi connectivity index (χ0) is 21.9. The Morgan fingerprint density at radius 1 is 1.03 bits per heavy atom. The number of benzene rings is 2. The van der Waals surface area contributed by atoms with Crippen molar-refractivity contribution in [2.45, 2.75) is 26.3 Å². The second-order valence-electron chi connectivity index (χ2n) is 8.87. The van der Waals surface area contributed by atoms with E-state index in [9.17, 15) is 4.39 Å². The molecule has 0 radical (unpaired) electrons. The molecule has 2 aliphatic rings. The molecule has 6 heteroatoms. The lowest BCUT2D eigenvalue weighted by Crippen LogP contribution is -2.39. The predicted octanol–water partition coefficient (Wildman–Crippen LogP) is 4.38. The van der Waals surface area contributed by atoms with Crippen LogP contribution >= 0.6 is 0 Å². The number of hydrogen-bond acceptors (Lipinski definition) is 5. The lowest BCUT2D eigenvalue weighted by molar-refractivity contribution is 0.0398. The van der Waals surface area contributed by atoms with Gasteiger partial charge in [-0.1, -0.05) is 17.7 Å². The number of halogens is 1. The molecule has 5 nitrogen and oxygen atoms in total. The fourth-order valence-electron chi connectivity index (χ4n) is 4.73. The highest BCUT2D eigenvalue weighted by atomic mass is 19.1. The summed E-state index contributed by atoms with van der Waals surface area (Å²) in [5.41, 5.74) is 5.64. The molecule has 0 saturated carbocycles. The molecule has 0 atom stereocenters. The zero-order valence-corrected chi connectivity index (χ0v) is 18.7. The van der Waals surface area contributed by atoms with Gasteiger partial charge in [-0.05, 0) is 55.2 Å². The van der Waals surface area contributed by atoms with Gasteiger partial charge in [-0.25, -0.2) is 9.37 Å². The van der Waals surface area contributed by atoms with Crippen LogP contribution in [0.1, 0.15) is 23.1 Å². The van der Waals surface area contributed by atoms with Gasteiger partial charge in [0.15, 0.2) is 0 Å². The number of rotatable bonds is 5. The van der Waals surface area contributed by atoms with Gasteiger partial charge in [0.25, 0.3) is 0 Å². The Labute approximate surface area is 189 Å². The van der Waals surface area contributed by atoms with E-state index in [1.165, 1.54) is 11.1 Å². The van der Waals surface area contributed by atoms with E-state index in [0.717, 1.165) is 86.8 Å². The molecule has 2 aromatic carbocycles. The molecule has 1 N–H and O–H groups in total. The average Bonchev–Trinajstić information content (AvgIpc) is 3.02. The fraction of sp³-hybridized carbons (Fsp3) is 0.423. The van der Waals surface area contributed by atoms with Crippen molar-refractivity contribution in [2.75, 3.05) is 56.2 Å². The van der Waals surface area contributed by atoms with Gasteiger partial charge in [-0.15, -0.1) is 0 Å². The number of morpholine rings is 1. The molecule has 168 valence electrons. The van der Waals surface area contributed by atoms with Gasteiger partial charge in [-0.3, -0.25) is 4.90 Å². The van der Waals surface area contributed by atoms with E-state index in [1.54, 1.807) is 12.1 Å². The summed E-state index contributed by atoms with van der Waals surface area (Å²) in [6.07, 6.45) is 2.01. The van der Waals surface area contributed by atoms with Gasteiger partial charge in [0.2, 0.25) is 0 Å². The maximum absolute atomic E-state index is 13.9. The van der Waals surface area contributed by atoms with Crippen LogP contribution in [0.15, 0.2) is 42.5 Å². The van der Waals surface area contributed by atoms with E-state index < -0.39 is 0 Å². The van der Waals surface area contributed by atoms with Crippen molar-refractivity contribution >= 4 is 22.4 Å². The van der Waals surface area contributed by atoms with Gasteiger partial charge in [0, 0.05) is 56.4 Å². The summed E-state index contributed by atoms with van der Waals surface area (Å²) in [5.74, 6) is 0.783. The van der Waals surface area contributed by atoms with Crippen molar-refractivity contribution in [3.63, 3.8) is 0 Å². The first-order valence-corrected chi connectivity index (χ1v) is 11.6. The van der Waals surface area contributed by atoms with Crippen LogP contribution in [-0.2, 0) is 17.7 Å². The molecule has 3 heterocycles. The Hall–Kier alpha value is -2.70. The minimum absolute atomic E-state index is 0.169. The molecule has 0 aliphatic carbocycles. The topological polar surface area (TPSA) is 40.6 Å². The highest BCUT2D eigenvalue weighted by Crippen LogP contribution is 2.30. The fourth-order valence-corrected chi connectivity index (χ4v) is 4.73. The molecule has 2 aliphatic heterocycles. The molecule has 32 heavy (non-hydrogen) atoms. The van der Waals surface area contributed by atoms with Crippen molar-refractivity contribution in [1.82, 2.24) is 9.88 Å². The number of ether oxygens (including phenoxy) is 1. The van der Waals surface area contributed by atoms with Gasteiger partial charge in [-0.2, -0.15) is 0 Å². The molecule has 1 saturated heterocycles. The first-order chi connectivity index (χ1) is 15.7. The number of pyridine rings is 1. The normalized spacial score (nSPS) is 17.2. The standard InChI is InChI=1S/C26H31FN4O/c1-19-4-7-24-23(15-19)25(28-8-10-30-11-13-32-14-12-30)17-26(29-24)31-9-2-3-20-5-6-22(27)16-21(20)18-31/h4-7,15-17H,2-3,8-14,18H2,1H3,(H,28,29). The molecule has 0 amide bonds. The maximum Gasteiger partial charge on any atom is 0.131 e. The van der Waals surface area contributed by atoms with Crippen LogP contribution in [0.3, 0.4) is 0 Å². The Bertz CT molecular complexity index is 1100. The lowest BCUT2D eigenvalue weighted by Gasteiger charge is -2.27. The van der Waals surface area contributed by atoms with E-state index >= 15 is 0 Å². The number of nitrogens with one attached hydrogen (secondary N) is 1. The van der Waals surface area contributed by atoms with E-state index in [1.807, 2.05) is 6.07 Å². The van der Waals surface area contributed by atoms with Crippen LogP contribution in [0, 0.1) is 12.7 Å². The van der Waals surface area contributed by atoms with Crippen LogP contribution in [-0.4, -0.2) is 55.8 Å². The molecule has 0 bridgehead atoms. The Balaban J connectivity index is 1.42. The van der Waals surface area contributed by atoms with E-state index in [-0.39, 0.29) is 5.82 Å². The third kappa shape index (κ3) is 4.71. The molecule has 5 rings (SSSR count). The molecular weight excluding hydrogens is 403 g/mol. The Kier molecular flexibility index (Phi) is 6.23. The van der Waals surface area contributed by atoms with Crippen LogP contribution in [0.2, 0.25) is 0 Å². The third-order valence-corrected chi connectivity index (χ3v) is 6.53. The second kappa shape index (κ2) is 9.43. The summed E-state index contributed by atoms with van der Waals surface area (Å²) in [7, 11) is 0. The highest BCUT2D eigenvalue weighted by Gasteiger charge is 2.18. The highest BCUT2D eigenvalue weighted by molar-refractivity contribution is 5.93. The first kappa shape index (κ1) is 21.2. The smallest absolute Gasteiger partial charge is 0.131 e. The van der Waals surface area contributed by atoms with E-state index in [2.05, 4.69) is 46.3 Å². The van der Waals surface area contributed by atoms with E-state index in [4.69, 9.17) is 9.72 Å². The van der Waals surface area contributed by atoms with Crippen molar-refractivity contribution < 1.29 is 9.13 Å². The second-order valence-corrected chi connectivity index (χ2v) is 8.87. The van der Waals surface area contributed by atoms with Gasteiger partial charge in [0.05, 0.1) is 18.7 Å². The molecule has 0 unspecified atom stereocenters. The molecule has 1 aromatic heterocycles. The van der Waals surface area contributed by atoms with Gasteiger partial charge < -0.3 is 15.0 Å². The van der Waals surface area contributed by atoms with Crippen LogP contribution in [0.4, 0.5) is 15.9 Å². The van der Waals surface area contributed by atoms with Crippen molar-refractivity contribution in [2.24, 2.45) is 0 Å². The summed E-state index contributed by atoms with van der Waals surface area (Å²) < 4.78 is 19.4. The number of hydrogen-bond donors (Lipinski definition) is 1. The first-order valence-electron chi connectivity index (χ1n) is 11.6.